The van der Waals surface area contributed by atoms with Gasteiger partial charge in [-0.1, -0.05) is 152 Å². The van der Waals surface area contributed by atoms with Crippen LogP contribution in [0.2, 0.25) is 0 Å². The summed E-state index contributed by atoms with van der Waals surface area (Å²) in [6.45, 7) is 0. The van der Waals surface area contributed by atoms with Crippen molar-refractivity contribution < 1.29 is 4.42 Å². The number of hydrogen-bond donors (Lipinski definition) is 1. The molecule has 1 aromatic heterocycles. The van der Waals surface area contributed by atoms with Crippen molar-refractivity contribution in [2.75, 3.05) is 5.32 Å². The molecule has 10 rings (SSSR count). The lowest BCUT2D eigenvalue weighted by Crippen LogP contribution is -1.94. The summed E-state index contributed by atoms with van der Waals surface area (Å²) < 4.78 is 6.86. The summed E-state index contributed by atoms with van der Waals surface area (Å²) in [5.74, 6) is 0. The van der Waals surface area contributed by atoms with E-state index in [9.17, 15) is 0 Å². The molecule has 0 aliphatic heterocycles. The molecule has 0 radical (unpaired) electrons. The Morgan fingerprint density at radius 2 is 0.900 bits per heavy atom. The van der Waals surface area contributed by atoms with Crippen LogP contribution in [0.3, 0.4) is 0 Å². The number of benzene rings is 9. The van der Waals surface area contributed by atoms with Gasteiger partial charge in [-0.05, 0) is 84.9 Å². The molecule has 9 aromatic carbocycles. The summed E-state index contributed by atoms with van der Waals surface area (Å²) in [5, 5.41) is 13.4. The first kappa shape index (κ1) is 28.4. The Kier molecular flexibility index (Phi) is 6.53. The minimum atomic E-state index is 0.858. The summed E-state index contributed by atoms with van der Waals surface area (Å²) in [6, 6.07) is 65.1. The van der Waals surface area contributed by atoms with E-state index in [0.29, 0.717) is 0 Å². The minimum Gasteiger partial charge on any atom is -0.453 e. The van der Waals surface area contributed by atoms with Crippen LogP contribution in [0.25, 0.3) is 87.6 Å². The third-order valence-corrected chi connectivity index (χ3v) is 10.0. The topological polar surface area (TPSA) is 25.2 Å². The fourth-order valence-electron chi connectivity index (χ4n) is 7.54. The predicted octanol–water partition coefficient (Wildman–Crippen LogP) is 13.8. The molecule has 0 atom stereocenters. The lowest BCUT2D eigenvalue weighted by Gasteiger charge is -2.15. The van der Waals surface area contributed by atoms with Crippen LogP contribution < -0.4 is 5.32 Å². The predicted molar refractivity (Wildman–Crippen MR) is 212 cm³/mol. The SMILES string of the molecule is c1ccc(-c2cccc3c2oc2c(Nc4ccccc4-c4ccc5cc(-c6ccc7ccccc7c6)ccc5c4)cc4ccccc4c23)cc1. The minimum absolute atomic E-state index is 0.858. The Bertz CT molecular complexity index is 2900. The van der Waals surface area contributed by atoms with E-state index in [4.69, 9.17) is 4.42 Å². The Morgan fingerprint density at radius 3 is 1.72 bits per heavy atom. The maximum atomic E-state index is 6.86. The molecule has 0 unspecified atom stereocenters. The van der Waals surface area contributed by atoms with Crippen LogP contribution in [0, 0.1) is 0 Å². The van der Waals surface area contributed by atoms with Gasteiger partial charge in [0.15, 0.2) is 5.58 Å². The molecule has 50 heavy (non-hydrogen) atoms. The van der Waals surface area contributed by atoms with Gasteiger partial charge in [-0.2, -0.15) is 0 Å². The fourth-order valence-corrected chi connectivity index (χ4v) is 7.54. The van der Waals surface area contributed by atoms with Crippen molar-refractivity contribution in [3.63, 3.8) is 0 Å². The molecule has 10 aromatic rings. The maximum absolute atomic E-state index is 6.86. The number of nitrogens with one attached hydrogen (secondary N) is 1. The van der Waals surface area contributed by atoms with E-state index < -0.39 is 0 Å². The first-order valence-electron chi connectivity index (χ1n) is 17.1. The van der Waals surface area contributed by atoms with E-state index in [2.05, 4.69) is 181 Å². The average molecular weight is 638 g/mol. The van der Waals surface area contributed by atoms with Gasteiger partial charge in [-0.25, -0.2) is 0 Å². The summed E-state index contributed by atoms with van der Waals surface area (Å²) in [6.07, 6.45) is 0. The summed E-state index contributed by atoms with van der Waals surface area (Å²) in [5.41, 5.74) is 10.7. The van der Waals surface area contributed by atoms with E-state index >= 15 is 0 Å². The molecule has 0 aliphatic carbocycles. The third-order valence-electron chi connectivity index (χ3n) is 10.0. The summed E-state index contributed by atoms with van der Waals surface area (Å²) in [7, 11) is 0. The lowest BCUT2D eigenvalue weighted by atomic mass is 9.96. The highest BCUT2D eigenvalue weighted by Crippen LogP contribution is 2.44. The highest BCUT2D eigenvalue weighted by Gasteiger charge is 2.19. The lowest BCUT2D eigenvalue weighted by molar-refractivity contribution is 0.671. The molecule has 2 heteroatoms. The summed E-state index contributed by atoms with van der Waals surface area (Å²) >= 11 is 0. The van der Waals surface area contributed by atoms with Crippen LogP contribution in [-0.2, 0) is 0 Å². The van der Waals surface area contributed by atoms with Crippen molar-refractivity contribution in [3.05, 3.63) is 182 Å². The van der Waals surface area contributed by atoms with Gasteiger partial charge in [0.2, 0.25) is 0 Å². The monoisotopic (exact) mass is 637 g/mol. The molecule has 0 aliphatic rings. The van der Waals surface area contributed by atoms with Gasteiger partial charge in [0.05, 0.1) is 5.69 Å². The van der Waals surface area contributed by atoms with Gasteiger partial charge in [-0.3, -0.25) is 0 Å². The third kappa shape index (κ3) is 4.73. The van der Waals surface area contributed by atoms with E-state index in [1.165, 1.54) is 43.4 Å². The quantitative estimate of drug-likeness (QED) is 0.203. The molecule has 0 saturated heterocycles. The van der Waals surface area contributed by atoms with Gasteiger partial charge in [0.1, 0.15) is 5.58 Å². The molecule has 234 valence electrons. The second kappa shape index (κ2) is 11.5. The maximum Gasteiger partial charge on any atom is 0.159 e. The molecule has 2 nitrogen and oxygen atoms in total. The van der Waals surface area contributed by atoms with Gasteiger partial charge < -0.3 is 9.73 Å². The molecular weight excluding hydrogens is 607 g/mol. The van der Waals surface area contributed by atoms with Gasteiger partial charge >= 0.3 is 0 Å². The largest absolute Gasteiger partial charge is 0.453 e. The number of furan rings is 1. The van der Waals surface area contributed by atoms with Crippen LogP contribution >= 0.6 is 0 Å². The molecule has 1 N–H and O–H groups in total. The van der Waals surface area contributed by atoms with Crippen LogP contribution in [-0.4, -0.2) is 0 Å². The van der Waals surface area contributed by atoms with E-state index in [-0.39, 0.29) is 0 Å². The van der Waals surface area contributed by atoms with Gasteiger partial charge in [-0.15, -0.1) is 0 Å². The molecular formula is C48H31NO. The Balaban J connectivity index is 1.07. The van der Waals surface area contributed by atoms with Crippen molar-refractivity contribution >= 4 is 65.6 Å². The molecule has 1 heterocycles. The zero-order chi connectivity index (χ0) is 33.0. The first-order valence-corrected chi connectivity index (χ1v) is 17.1. The summed E-state index contributed by atoms with van der Waals surface area (Å²) in [4.78, 5) is 0. The molecule has 0 fully saturated rings. The number of rotatable bonds is 5. The van der Waals surface area contributed by atoms with Gasteiger partial charge in [0.25, 0.3) is 0 Å². The molecule has 0 bridgehead atoms. The van der Waals surface area contributed by atoms with Crippen LogP contribution in [0.4, 0.5) is 11.4 Å². The Morgan fingerprint density at radius 1 is 0.320 bits per heavy atom. The van der Waals surface area contributed by atoms with Crippen LogP contribution in [0.1, 0.15) is 0 Å². The zero-order valence-corrected chi connectivity index (χ0v) is 27.2. The van der Waals surface area contributed by atoms with Crippen molar-refractivity contribution in [2.24, 2.45) is 0 Å². The molecule has 0 saturated carbocycles. The van der Waals surface area contributed by atoms with E-state index in [0.717, 1.165) is 55.6 Å². The Hall–Kier alpha value is -6.64. The van der Waals surface area contributed by atoms with Crippen molar-refractivity contribution in [2.45, 2.75) is 0 Å². The fraction of sp³-hybridized carbons (Fsp3) is 0. The van der Waals surface area contributed by atoms with E-state index in [1.807, 2.05) is 6.07 Å². The molecule has 0 spiro atoms. The second-order valence-electron chi connectivity index (χ2n) is 13.0. The normalized spacial score (nSPS) is 11.6. The van der Waals surface area contributed by atoms with Gasteiger partial charge in [0, 0.05) is 27.6 Å². The highest BCUT2D eigenvalue weighted by molar-refractivity contribution is 6.24. The van der Waals surface area contributed by atoms with Crippen LogP contribution in [0.5, 0.6) is 0 Å². The molecule has 0 amide bonds. The van der Waals surface area contributed by atoms with Crippen molar-refractivity contribution in [1.29, 1.82) is 0 Å². The Labute approximate surface area is 289 Å². The number of anilines is 2. The first-order chi connectivity index (χ1) is 24.8. The van der Waals surface area contributed by atoms with Crippen molar-refractivity contribution in [1.82, 2.24) is 0 Å². The number of para-hydroxylation sites is 2. The number of hydrogen-bond acceptors (Lipinski definition) is 2. The standard InChI is InChI=1S/C48H31NO/c1-2-12-32(13-3-1)42-18-10-19-43-46-41-17-7-6-15-38(41)30-45(48(46)50-47(42)43)49-44-20-9-8-16-40(44)39-26-25-36-28-35(23-24-37(36)29-39)34-22-21-31-11-4-5-14-33(31)27-34/h1-30,49H. The van der Waals surface area contributed by atoms with E-state index in [1.54, 1.807) is 0 Å². The zero-order valence-electron chi connectivity index (χ0n) is 27.2. The second-order valence-corrected chi connectivity index (χ2v) is 13.0. The van der Waals surface area contributed by atoms with Crippen LogP contribution in [0.15, 0.2) is 186 Å². The van der Waals surface area contributed by atoms with Crippen molar-refractivity contribution in [3.8, 4) is 33.4 Å². The smallest absolute Gasteiger partial charge is 0.159 e. The highest BCUT2D eigenvalue weighted by atomic mass is 16.3. The average Bonchev–Trinajstić information content (AvgIpc) is 3.59. The number of fused-ring (bicyclic) bond motifs is 7.